The first-order chi connectivity index (χ1) is 14.1. The fourth-order valence-corrected chi connectivity index (χ4v) is 3.70. The number of piperazine rings is 1. The van der Waals surface area contributed by atoms with Gasteiger partial charge in [0, 0.05) is 38.8 Å². The highest BCUT2D eigenvalue weighted by molar-refractivity contribution is 6.31. The smallest absolute Gasteiger partial charge is 0.410 e. The maximum Gasteiger partial charge on any atom is 0.410 e. The molecular weight excluding hydrogens is 412 g/mol. The number of anilines is 1. The number of aromatic nitrogens is 1. The summed E-state index contributed by atoms with van der Waals surface area (Å²) in [4.78, 5) is 31.9. The summed E-state index contributed by atoms with van der Waals surface area (Å²) >= 11 is 6.29. The zero-order valence-corrected chi connectivity index (χ0v) is 18.4. The third-order valence-electron chi connectivity index (χ3n) is 4.91. The predicted molar refractivity (Wildman–Crippen MR) is 113 cm³/mol. The normalized spacial score (nSPS) is 19.7. The quantitative estimate of drug-likeness (QED) is 0.673. The molecule has 30 heavy (non-hydrogen) atoms. The van der Waals surface area contributed by atoms with Gasteiger partial charge in [0.05, 0.1) is 6.04 Å². The Morgan fingerprint density at radius 1 is 1.30 bits per heavy atom. The van der Waals surface area contributed by atoms with Gasteiger partial charge in [-0.1, -0.05) is 11.6 Å². The van der Waals surface area contributed by atoms with Crippen LogP contribution in [0.5, 0.6) is 5.75 Å². The lowest BCUT2D eigenvalue weighted by atomic mass is 10.2. The Hall–Kier alpha value is -2.26. The van der Waals surface area contributed by atoms with Gasteiger partial charge < -0.3 is 29.7 Å². The first kappa shape index (κ1) is 22.4. The second-order valence-electron chi connectivity index (χ2n) is 8.54. The van der Waals surface area contributed by atoms with E-state index in [4.69, 9.17) is 21.1 Å². The molecule has 3 heterocycles. The molecule has 1 aromatic rings. The van der Waals surface area contributed by atoms with Crippen molar-refractivity contribution >= 4 is 29.5 Å². The molecule has 0 aromatic carbocycles. The van der Waals surface area contributed by atoms with E-state index in [9.17, 15) is 14.7 Å². The Labute approximate surface area is 181 Å². The summed E-state index contributed by atoms with van der Waals surface area (Å²) in [5, 5.41) is 13.0. The minimum atomic E-state index is -1.07. The van der Waals surface area contributed by atoms with Gasteiger partial charge in [-0.25, -0.2) is 14.6 Å². The Bertz CT molecular complexity index is 792. The summed E-state index contributed by atoms with van der Waals surface area (Å²) in [6.07, 6.45) is 1.63. The number of carbonyl (C=O) groups is 2. The summed E-state index contributed by atoms with van der Waals surface area (Å²) in [7, 11) is 0. The standard InChI is InChI=1S/C20H29ClN4O5/c1-20(2,3)30-19(28)25-9-6-22-13(11-25)12-29-15-10-14(18(26)27)17(23-16(15)21)24-7-4-5-8-24/h10,13,22H,4-9,11-12H2,1-3H3,(H,26,27). The number of rotatable bonds is 5. The van der Waals surface area contributed by atoms with Crippen molar-refractivity contribution in [1.82, 2.24) is 15.2 Å². The average Bonchev–Trinajstić information content (AvgIpc) is 3.20. The van der Waals surface area contributed by atoms with E-state index in [0.29, 0.717) is 25.5 Å². The fourth-order valence-electron chi connectivity index (χ4n) is 3.51. The number of nitrogens with zero attached hydrogens (tertiary/aromatic N) is 3. The predicted octanol–water partition coefficient (Wildman–Crippen LogP) is 2.62. The van der Waals surface area contributed by atoms with E-state index in [2.05, 4.69) is 10.3 Å². The number of carboxylic acids is 1. The lowest BCUT2D eigenvalue weighted by Gasteiger charge is -2.34. The van der Waals surface area contributed by atoms with Gasteiger partial charge in [0.25, 0.3) is 0 Å². The zero-order chi connectivity index (χ0) is 21.9. The Morgan fingerprint density at radius 2 is 2.00 bits per heavy atom. The molecule has 1 atom stereocenters. The van der Waals surface area contributed by atoms with Gasteiger partial charge in [0.15, 0.2) is 10.9 Å². The highest BCUT2D eigenvalue weighted by atomic mass is 35.5. The minimum Gasteiger partial charge on any atom is -0.489 e. The molecule has 0 bridgehead atoms. The molecule has 2 aliphatic rings. The van der Waals surface area contributed by atoms with E-state index in [0.717, 1.165) is 25.9 Å². The van der Waals surface area contributed by atoms with Crippen molar-refractivity contribution in [1.29, 1.82) is 0 Å². The van der Waals surface area contributed by atoms with Crippen molar-refractivity contribution in [3.63, 3.8) is 0 Å². The van der Waals surface area contributed by atoms with Crippen LogP contribution in [0.4, 0.5) is 10.6 Å². The van der Waals surface area contributed by atoms with Crippen molar-refractivity contribution in [2.75, 3.05) is 44.2 Å². The number of aromatic carboxylic acids is 1. The topological polar surface area (TPSA) is 104 Å². The summed E-state index contributed by atoms with van der Waals surface area (Å²) in [6, 6.07) is 1.29. The second kappa shape index (κ2) is 9.26. The molecule has 9 nitrogen and oxygen atoms in total. The number of amides is 1. The number of hydrogen-bond acceptors (Lipinski definition) is 7. The van der Waals surface area contributed by atoms with E-state index in [1.54, 1.807) is 4.90 Å². The SMILES string of the molecule is CC(C)(C)OC(=O)N1CCNC(COc2cc(C(=O)O)c(N3CCCC3)nc2Cl)C1. The van der Waals surface area contributed by atoms with Gasteiger partial charge in [0.1, 0.15) is 23.6 Å². The largest absolute Gasteiger partial charge is 0.489 e. The zero-order valence-electron chi connectivity index (χ0n) is 17.6. The molecule has 0 aliphatic carbocycles. The van der Waals surface area contributed by atoms with Gasteiger partial charge >= 0.3 is 12.1 Å². The van der Waals surface area contributed by atoms with Crippen LogP contribution < -0.4 is 15.0 Å². The van der Waals surface area contributed by atoms with Gasteiger partial charge in [-0.2, -0.15) is 0 Å². The number of pyridine rings is 1. The molecule has 2 N–H and O–H groups in total. The van der Waals surface area contributed by atoms with Crippen LogP contribution in [-0.4, -0.2) is 78.0 Å². The molecule has 10 heteroatoms. The molecule has 1 amide bonds. The van der Waals surface area contributed by atoms with Gasteiger partial charge in [-0.3, -0.25) is 0 Å². The minimum absolute atomic E-state index is 0.0725. The molecule has 1 unspecified atom stereocenters. The Morgan fingerprint density at radius 3 is 2.63 bits per heavy atom. The number of carbonyl (C=O) groups excluding carboxylic acids is 1. The van der Waals surface area contributed by atoms with E-state index >= 15 is 0 Å². The molecule has 2 fully saturated rings. The first-order valence-electron chi connectivity index (χ1n) is 10.2. The van der Waals surface area contributed by atoms with Crippen molar-refractivity contribution in [3.8, 4) is 5.75 Å². The van der Waals surface area contributed by atoms with E-state index in [1.165, 1.54) is 6.07 Å². The molecule has 0 radical (unpaired) electrons. The molecule has 0 saturated carbocycles. The monoisotopic (exact) mass is 440 g/mol. The van der Waals surface area contributed by atoms with Crippen LogP contribution in [0.3, 0.4) is 0 Å². The van der Waals surface area contributed by atoms with E-state index in [1.807, 2.05) is 25.7 Å². The summed E-state index contributed by atoms with van der Waals surface area (Å²) in [6.45, 7) is 8.78. The lowest BCUT2D eigenvalue weighted by molar-refractivity contribution is 0.0178. The maximum absolute atomic E-state index is 12.3. The fraction of sp³-hybridized carbons (Fsp3) is 0.650. The van der Waals surface area contributed by atoms with Gasteiger partial charge in [-0.05, 0) is 33.6 Å². The van der Waals surface area contributed by atoms with Crippen LogP contribution in [0.1, 0.15) is 44.0 Å². The number of carboxylic acid groups (broad SMARTS) is 1. The van der Waals surface area contributed by atoms with Crippen LogP contribution in [0, 0.1) is 0 Å². The molecule has 166 valence electrons. The van der Waals surface area contributed by atoms with Gasteiger partial charge in [0.2, 0.25) is 0 Å². The first-order valence-corrected chi connectivity index (χ1v) is 10.5. The van der Waals surface area contributed by atoms with Crippen molar-refractivity contribution in [3.05, 3.63) is 16.8 Å². The average molecular weight is 441 g/mol. The second-order valence-corrected chi connectivity index (χ2v) is 8.89. The number of hydrogen-bond donors (Lipinski definition) is 2. The lowest BCUT2D eigenvalue weighted by Crippen LogP contribution is -2.55. The van der Waals surface area contributed by atoms with Crippen molar-refractivity contribution < 1.29 is 24.2 Å². The Balaban J connectivity index is 1.65. The summed E-state index contributed by atoms with van der Waals surface area (Å²) in [5.41, 5.74) is -0.486. The van der Waals surface area contributed by atoms with E-state index in [-0.39, 0.29) is 35.2 Å². The molecule has 3 rings (SSSR count). The highest BCUT2D eigenvalue weighted by Crippen LogP contribution is 2.31. The van der Waals surface area contributed by atoms with Crippen LogP contribution in [0.15, 0.2) is 6.07 Å². The van der Waals surface area contributed by atoms with Crippen molar-refractivity contribution in [2.45, 2.75) is 45.3 Å². The summed E-state index contributed by atoms with van der Waals surface area (Å²) in [5.74, 6) is -0.477. The molecular formula is C20H29ClN4O5. The van der Waals surface area contributed by atoms with Crippen LogP contribution in [0.2, 0.25) is 5.15 Å². The molecule has 2 aliphatic heterocycles. The van der Waals surface area contributed by atoms with Crippen LogP contribution in [0.25, 0.3) is 0 Å². The third kappa shape index (κ3) is 5.66. The number of ether oxygens (including phenoxy) is 2. The molecule has 2 saturated heterocycles. The Kier molecular flexibility index (Phi) is 6.92. The number of halogens is 1. The van der Waals surface area contributed by atoms with Crippen molar-refractivity contribution in [2.24, 2.45) is 0 Å². The summed E-state index contributed by atoms with van der Waals surface area (Å²) < 4.78 is 11.2. The highest BCUT2D eigenvalue weighted by Gasteiger charge is 2.28. The maximum atomic E-state index is 12.3. The number of nitrogens with one attached hydrogen (secondary N) is 1. The van der Waals surface area contributed by atoms with E-state index < -0.39 is 11.6 Å². The molecule has 1 aromatic heterocycles. The van der Waals surface area contributed by atoms with Crippen LogP contribution >= 0.6 is 11.6 Å². The van der Waals surface area contributed by atoms with Gasteiger partial charge in [-0.15, -0.1) is 0 Å². The van der Waals surface area contributed by atoms with Crippen LogP contribution in [-0.2, 0) is 4.74 Å². The molecule has 0 spiro atoms. The third-order valence-corrected chi connectivity index (χ3v) is 5.18.